The Balaban J connectivity index is 1.86. The van der Waals surface area contributed by atoms with E-state index in [2.05, 4.69) is 4.98 Å². The molecule has 1 aromatic carbocycles. The fourth-order valence-corrected chi connectivity index (χ4v) is 3.34. The largest absolute Gasteiger partial charge is 0.505 e. The molecule has 2 aromatic rings. The zero-order valence-electron chi connectivity index (χ0n) is 14.2. The lowest BCUT2D eigenvalue weighted by molar-refractivity contribution is -0.125. The molecule has 1 aliphatic rings. The number of likely N-dealkylation sites (tertiary alicyclic amines) is 1. The number of nitrogens with zero attached hydrogens (tertiary/aromatic N) is 2. The lowest BCUT2D eigenvalue weighted by Crippen LogP contribution is -2.31. The summed E-state index contributed by atoms with van der Waals surface area (Å²) >= 11 is 0. The van der Waals surface area contributed by atoms with E-state index in [0.29, 0.717) is 13.1 Å². The average Bonchev–Trinajstić information content (AvgIpc) is 3.14. The van der Waals surface area contributed by atoms with Crippen molar-refractivity contribution in [3.63, 3.8) is 0 Å². The quantitative estimate of drug-likeness (QED) is 0.437. The van der Waals surface area contributed by atoms with Gasteiger partial charge in [-0.05, 0) is 17.7 Å². The first-order valence-electron chi connectivity index (χ1n) is 8.46. The Morgan fingerprint density at radius 1 is 1.19 bits per heavy atom. The van der Waals surface area contributed by atoms with E-state index in [9.17, 15) is 15.0 Å². The summed E-state index contributed by atoms with van der Waals surface area (Å²) in [6, 6.07) is 14.8. The Bertz CT molecular complexity index is 806. The standard InChI is InChI=1S/C20H21N3O3/c21-10-16(19(25)18-8-4-5-9-22-18)20(26)23-11-15(13-24)17(12-23)14-6-2-1-3-7-14/h1-10,15,17,21,24-25H,11-13H2/b19-16+,21-10?. The first-order chi connectivity index (χ1) is 12.7. The molecule has 1 amide bonds. The van der Waals surface area contributed by atoms with E-state index in [0.717, 1.165) is 11.8 Å². The minimum absolute atomic E-state index is 0.0223. The number of aliphatic hydroxyl groups is 2. The predicted molar refractivity (Wildman–Crippen MR) is 98.9 cm³/mol. The maximum Gasteiger partial charge on any atom is 0.259 e. The van der Waals surface area contributed by atoms with Crippen molar-refractivity contribution in [1.29, 1.82) is 5.41 Å². The van der Waals surface area contributed by atoms with Gasteiger partial charge in [-0.3, -0.25) is 9.78 Å². The van der Waals surface area contributed by atoms with Gasteiger partial charge >= 0.3 is 0 Å². The Morgan fingerprint density at radius 2 is 1.92 bits per heavy atom. The summed E-state index contributed by atoms with van der Waals surface area (Å²) in [7, 11) is 0. The van der Waals surface area contributed by atoms with Crippen molar-refractivity contribution < 1.29 is 15.0 Å². The van der Waals surface area contributed by atoms with Gasteiger partial charge in [0.15, 0.2) is 5.76 Å². The maximum atomic E-state index is 12.9. The summed E-state index contributed by atoms with van der Waals surface area (Å²) in [6.07, 6.45) is 2.37. The van der Waals surface area contributed by atoms with Crippen LogP contribution in [-0.4, -0.2) is 51.9 Å². The number of hydrogen-bond donors (Lipinski definition) is 3. The number of amides is 1. The van der Waals surface area contributed by atoms with Crippen molar-refractivity contribution in [1.82, 2.24) is 9.88 Å². The van der Waals surface area contributed by atoms with Gasteiger partial charge in [0.1, 0.15) is 11.3 Å². The number of pyridine rings is 1. The average molecular weight is 351 g/mol. The van der Waals surface area contributed by atoms with Gasteiger partial charge in [-0.1, -0.05) is 36.4 Å². The molecule has 2 unspecified atom stereocenters. The van der Waals surface area contributed by atoms with E-state index in [4.69, 9.17) is 5.41 Å². The highest BCUT2D eigenvalue weighted by molar-refractivity contribution is 6.16. The molecule has 6 nitrogen and oxygen atoms in total. The monoisotopic (exact) mass is 351 g/mol. The van der Waals surface area contributed by atoms with Crippen molar-refractivity contribution in [2.75, 3.05) is 19.7 Å². The van der Waals surface area contributed by atoms with Crippen LogP contribution >= 0.6 is 0 Å². The molecule has 0 aliphatic carbocycles. The van der Waals surface area contributed by atoms with Crippen LogP contribution in [0.4, 0.5) is 0 Å². The minimum atomic E-state index is -0.431. The zero-order valence-corrected chi connectivity index (χ0v) is 14.2. The van der Waals surface area contributed by atoms with Crippen LogP contribution in [0.25, 0.3) is 5.76 Å². The van der Waals surface area contributed by atoms with Gasteiger partial charge in [-0.15, -0.1) is 0 Å². The lowest BCUT2D eigenvalue weighted by Gasteiger charge is -2.17. The SMILES string of the molecule is N=C/C(C(=O)N1CC(CO)C(c2ccccc2)C1)=C(\O)c1ccccn1. The highest BCUT2D eigenvalue weighted by Crippen LogP contribution is 2.33. The molecular weight excluding hydrogens is 330 g/mol. The van der Waals surface area contributed by atoms with E-state index in [1.807, 2.05) is 30.3 Å². The van der Waals surface area contributed by atoms with Crippen LogP contribution in [0, 0.1) is 11.3 Å². The molecule has 1 saturated heterocycles. The number of hydrogen-bond acceptors (Lipinski definition) is 5. The summed E-state index contributed by atoms with van der Waals surface area (Å²) < 4.78 is 0. The highest BCUT2D eigenvalue weighted by atomic mass is 16.3. The molecule has 134 valence electrons. The normalized spacial score (nSPS) is 20.6. The van der Waals surface area contributed by atoms with Crippen molar-refractivity contribution in [3.8, 4) is 0 Å². The lowest BCUT2D eigenvalue weighted by atomic mass is 9.90. The Kier molecular flexibility index (Phi) is 5.43. The summed E-state index contributed by atoms with van der Waals surface area (Å²) in [5.74, 6) is -0.797. The summed E-state index contributed by atoms with van der Waals surface area (Å²) in [5, 5.41) is 27.7. The highest BCUT2D eigenvalue weighted by Gasteiger charge is 2.37. The molecule has 0 spiro atoms. The van der Waals surface area contributed by atoms with Crippen LogP contribution in [0.5, 0.6) is 0 Å². The predicted octanol–water partition coefficient (Wildman–Crippen LogP) is 2.23. The van der Waals surface area contributed by atoms with E-state index in [-0.39, 0.29) is 35.5 Å². The Morgan fingerprint density at radius 3 is 2.54 bits per heavy atom. The molecule has 0 saturated carbocycles. The fraction of sp³-hybridized carbons (Fsp3) is 0.250. The van der Waals surface area contributed by atoms with Gasteiger partial charge in [0, 0.05) is 43.9 Å². The molecule has 1 aliphatic heterocycles. The number of aliphatic hydroxyl groups excluding tert-OH is 2. The molecule has 3 N–H and O–H groups in total. The molecule has 1 aromatic heterocycles. The van der Waals surface area contributed by atoms with Crippen molar-refractivity contribution in [2.24, 2.45) is 5.92 Å². The third kappa shape index (κ3) is 3.50. The van der Waals surface area contributed by atoms with Gasteiger partial charge in [0.2, 0.25) is 0 Å². The summed E-state index contributed by atoms with van der Waals surface area (Å²) in [6.45, 7) is 0.780. The Labute approximate surface area is 151 Å². The number of aromatic nitrogens is 1. The molecule has 2 heterocycles. The van der Waals surface area contributed by atoms with E-state index in [1.54, 1.807) is 23.1 Å². The molecule has 3 rings (SSSR count). The number of benzene rings is 1. The molecule has 26 heavy (non-hydrogen) atoms. The minimum Gasteiger partial charge on any atom is -0.505 e. The van der Waals surface area contributed by atoms with Crippen molar-refractivity contribution in [3.05, 3.63) is 71.6 Å². The first kappa shape index (κ1) is 17.8. The number of rotatable bonds is 5. The topological polar surface area (TPSA) is 97.5 Å². The van der Waals surface area contributed by atoms with Gasteiger partial charge in [0.05, 0.1) is 0 Å². The molecule has 1 fully saturated rings. The van der Waals surface area contributed by atoms with Gasteiger partial charge in [-0.25, -0.2) is 0 Å². The van der Waals surface area contributed by atoms with Crippen LogP contribution in [0.2, 0.25) is 0 Å². The fourth-order valence-electron chi connectivity index (χ4n) is 3.34. The second-order valence-corrected chi connectivity index (χ2v) is 6.29. The Hall–Kier alpha value is -2.99. The second kappa shape index (κ2) is 7.93. The van der Waals surface area contributed by atoms with Crippen LogP contribution < -0.4 is 0 Å². The van der Waals surface area contributed by atoms with Crippen LogP contribution in [0.3, 0.4) is 0 Å². The molecule has 6 heteroatoms. The third-order valence-electron chi connectivity index (χ3n) is 4.73. The first-order valence-corrected chi connectivity index (χ1v) is 8.46. The van der Waals surface area contributed by atoms with Crippen LogP contribution in [0.1, 0.15) is 17.2 Å². The van der Waals surface area contributed by atoms with E-state index >= 15 is 0 Å². The van der Waals surface area contributed by atoms with E-state index in [1.165, 1.54) is 6.20 Å². The van der Waals surface area contributed by atoms with Crippen molar-refractivity contribution >= 4 is 17.9 Å². The van der Waals surface area contributed by atoms with Crippen molar-refractivity contribution in [2.45, 2.75) is 5.92 Å². The number of carbonyl (C=O) groups excluding carboxylic acids is 1. The molecular formula is C20H21N3O3. The van der Waals surface area contributed by atoms with Gasteiger partial charge in [-0.2, -0.15) is 0 Å². The third-order valence-corrected chi connectivity index (χ3v) is 4.73. The number of carbonyl (C=O) groups is 1. The van der Waals surface area contributed by atoms with Gasteiger partial charge in [0.25, 0.3) is 5.91 Å². The summed E-state index contributed by atoms with van der Waals surface area (Å²) in [5.41, 5.74) is 1.21. The van der Waals surface area contributed by atoms with Crippen LogP contribution in [0.15, 0.2) is 60.3 Å². The number of nitrogens with one attached hydrogen (secondary N) is 1. The summed E-state index contributed by atoms with van der Waals surface area (Å²) in [4.78, 5) is 18.5. The maximum absolute atomic E-state index is 12.9. The second-order valence-electron chi connectivity index (χ2n) is 6.29. The van der Waals surface area contributed by atoms with E-state index < -0.39 is 5.91 Å². The smallest absolute Gasteiger partial charge is 0.259 e. The van der Waals surface area contributed by atoms with Crippen LogP contribution in [-0.2, 0) is 4.79 Å². The molecule has 2 atom stereocenters. The molecule has 0 bridgehead atoms. The molecule has 0 radical (unpaired) electrons. The van der Waals surface area contributed by atoms with Gasteiger partial charge < -0.3 is 20.5 Å². The zero-order chi connectivity index (χ0) is 18.5.